The molecule has 0 unspecified atom stereocenters. The summed E-state index contributed by atoms with van der Waals surface area (Å²) in [5, 5.41) is 0. The summed E-state index contributed by atoms with van der Waals surface area (Å²) in [4.78, 5) is 21.0. The van der Waals surface area contributed by atoms with E-state index in [2.05, 4.69) is 23.7 Å². The Labute approximate surface area is 121 Å². The number of amides is 1. The van der Waals surface area contributed by atoms with Crippen molar-refractivity contribution in [2.24, 2.45) is 5.92 Å². The van der Waals surface area contributed by atoms with Gasteiger partial charge in [0.2, 0.25) is 0 Å². The van der Waals surface area contributed by atoms with E-state index in [9.17, 15) is 4.79 Å². The summed E-state index contributed by atoms with van der Waals surface area (Å²) < 4.78 is 0. The van der Waals surface area contributed by atoms with Gasteiger partial charge in [-0.25, -0.2) is 0 Å². The molecule has 2 heterocycles. The summed E-state index contributed by atoms with van der Waals surface area (Å²) >= 11 is 0. The number of piperazine rings is 1. The van der Waals surface area contributed by atoms with Crippen molar-refractivity contribution in [3.05, 3.63) is 29.6 Å². The zero-order valence-corrected chi connectivity index (χ0v) is 12.8. The Balaban J connectivity index is 1.84. The van der Waals surface area contributed by atoms with Crippen molar-refractivity contribution in [2.75, 3.05) is 32.7 Å². The van der Waals surface area contributed by atoms with Crippen LogP contribution in [0.15, 0.2) is 18.3 Å². The molecule has 1 saturated heterocycles. The first-order valence-electron chi connectivity index (χ1n) is 7.50. The molecule has 20 heavy (non-hydrogen) atoms. The van der Waals surface area contributed by atoms with Crippen molar-refractivity contribution in [1.29, 1.82) is 0 Å². The Kier molecular flexibility index (Phi) is 5.12. The molecule has 2 rings (SSSR count). The molecular formula is C16H25N3O. The molecule has 4 nitrogen and oxygen atoms in total. The van der Waals surface area contributed by atoms with Gasteiger partial charge in [0.1, 0.15) is 0 Å². The average molecular weight is 275 g/mol. The minimum atomic E-state index is 0.112. The third-order valence-electron chi connectivity index (χ3n) is 3.84. The van der Waals surface area contributed by atoms with Crippen LogP contribution < -0.4 is 0 Å². The highest BCUT2D eigenvalue weighted by molar-refractivity contribution is 5.94. The second-order valence-electron chi connectivity index (χ2n) is 6.00. The molecule has 1 fully saturated rings. The molecule has 1 aromatic heterocycles. The lowest BCUT2D eigenvalue weighted by molar-refractivity contribution is 0.0631. The molecule has 0 aliphatic carbocycles. The van der Waals surface area contributed by atoms with Gasteiger partial charge in [-0.3, -0.25) is 14.7 Å². The Morgan fingerprint density at radius 2 is 1.95 bits per heavy atom. The van der Waals surface area contributed by atoms with Crippen LogP contribution in [0.5, 0.6) is 0 Å². The van der Waals surface area contributed by atoms with Crippen molar-refractivity contribution in [3.8, 4) is 0 Å². The third kappa shape index (κ3) is 4.04. The van der Waals surface area contributed by atoms with Gasteiger partial charge < -0.3 is 4.90 Å². The molecule has 0 bridgehead atoms. The monoisotopic (exact) mass is 275 g/mol. The van der Waals surface area contributed by atoms with Gasteiger partial charge in [-0.15, -0.1) is 0 Å². The Morgan fingerprint density at radius 3 is 2.50 bits per heavy atom. The molecular weight excluding hydrogens is 250 g/mol. The van der Waals surface area contributed by atoms with Gasteiger partial charge in [-0.05, 0) is 37.9 Å². The van der Waals surface area contributed by atoms with E-state index in [0.29, 0.717) is 5.56 Å². The van der Waals surface area contributed by atoms with E-state index in [1.807, 2.05) is 24.0 Å². The number of aromatic nitrogens is 1. The van der Waals surface area contributed by atoms with Crippen LogP contribution in [0.4, 0.5) is 0 Å². The van der Waals surface area contributed by atoms with E-state index >= 15 is 0 Å². The van der Waals surface area contributed by atoms with E-state index in [-0.39, 0.29) is 5.91 Å². The first-order valence-corrected chi connectivity index (χ1v) is 7.50. The molecule has 1 amide bonds. The smallest absolute Gasteiger partial charge is 0.255 e. The van der Waals surface area contributed by atoms with Crippen molar-refractivity contribution < 1.29 is 4.79 Å². The minimum absolute atomic E-state index is 0.112. The molecule has 0 atom stereocenters. The summed E-state index contributed by atoms with van der Waals surface area (Å²) in [6.45, 7) is 11.2. The van der Waals surface area contributed by atoms with Crippen molar-refractivity contribution in [2.45, 2.75) is 27.2 Å². The van der Waals surface area contributed by atoms with Crippen LogP contribution in [-0.2, 0) is 0 Å². The van der Waals surface area contributed by atoms with Crippen LogP contribution in [0.2, 0.25) is 0 Å². The molecule has 1 aliphatic heterocycles. The van der Waals surface area contributed by atoms with Crippen LogP contribution in [0.3, 0.4) is 0 Å². The normalized spacial score (nSPS) is 16.7. The Hall–Kier alpha value is -1.42. The third-order valence-corrected chi connectivity index (χ3v) is 3.84. The van der Waals surface area contributed by atoms with Gasteiger partial charge in [-0.1, -0.05) is 13.8 Å². The van der Waals surface area contributed by atoms with Crippen LogP contribution in [0, 0.1) is 12.8 Å². The van der Waals surface area contributed by atoms with Gasteiger partial charge >= 0.3 is 0 Å². The molecule has 0 saturated carbocycles. The van der Waals surface area contributed by atoms with Gasteiger partial charge in [0, 0.05) is 38.1 Å². The summed E-state index contributed by atoms with van der Waals surface area (Å²) in [5.41, 5.74) is 1.64. The maximum Gasteiger partial charge on any atom is 0.255 e. The molecule has 1 aromatic rings. The molecule has 0 N–H and O–H groups in total. The molecule has 1 aliphatic rings. The maximum atomic E-state index is 12.4. The predicted molar refractivity (Wildman–Crippen MR) is 80.8 cm³/mol. The SMILES string of the molecule is Cc1ccc(C(=O)N2CCN(CCC(C)C)CC2)cn1. The van der Waals surface area contributed by atoms with Crippen molar-refractivity contribution >= 4 is 5.91 Å². The van der Waals surface area contributed by atoms with Gasteiger partial charge in [0.05, 0.1) is 5.56 Å². The minimum Gasteiger partial charge on any atom is -0.336 e. The molecule has 0 spiro atoms. The van der Waals surface area contributed by atoms with Gasteiger partial charge in [0.25, 0.3) is 5.91 Å². The number of hydrogen-bond acceptors (Lipinski definition) is 3. The number of carbonyl (C=O) groups is 1. The number of carbonyl (C=O) groups excluding carboxylic acids is 1. The van der Waals surface area contributed by atoms with Gasteiger partial charge in [0.15, 0.2) is 0 Å². The molecule has 110 valence electrons. The highest BCUT2D eigenvalue weighted by Gasteiger charge is 2.22. The Morgan fingerprint density at radius 1 is 1.25 bits per heavy atom. The fourth-order valence-electron chi connectivity index (χ4n) is 2.39. The fourth-order valence-corrected chi connectivity index (χ4v) is 2.39. The molecule has 0 radical (unpaired) electrons. The quantitative estimate of drug-likeness (QED) is 0.845. The van der Waals surface area contributed by atoms with Crippen LogP contribution in [0.25, 0.3) is 0 Å². The lowest BCUT2D eigenvalue weighted by atomic mass is 10.1. The molecule has 4 heteroatoms. The topological polar surface area (TPSA) is 36.4 Å². The Bertz CT molecular complexity index is 434. The van der Waals surface area contributed by atoms with Crippen LogP contribution in [-0.4, -0.2) is 53.4 Å². The highest BCUT2D eigenvalue weighted by Crippen LogP contribution is 2.10. The lowest BCUT2D eigenvalue weighted by Crippen LogP contribution is -2.49. The highest BCUT2D eigenvalue weighted by atomic mass is 16.2. The van der Waals surface area contributed by atoms with Gasteiger partial charge in [-0.2, -0.15) is 0 Å². The predicted octanol–water partition coefficient (Wildman–Crippen LogP) is 2.19. The standard InChI is InChI=1S/C16H25N3O/c1-13(2)6-7-18-8-10-19(11-9-18)16(20)15-5-4-14(3)17-12-15/h4-5,12-13H,6-11H2,1-3H3. The number of hydrogen-bond donors (Lipinski definition) is 0. The second-order valence-corrected chi connectivity index (χ2v) is 6.00. The largest absolute Gasteiger partial charge is 0.336 e. The zero-order chi connectivity index (χ0) is 14.5. The van der Waals surface area contributed by atoms with Crippen molar-refractivity contribution in [3.63, 3.8) is 0 Å². The van der Waals surface area contributed by atoms with E-state index < -0.39 is 0 Å². The van der Waals surface area contributed by atoms with Crippen molar-refractivity contribution in [1.82, 2.24) is 14.8 Å². The van der Waals surface area contributed by atoms with E-state index in [4.69, 9.17) is 0 Å². The number of nitrogens with zero attached hydrogens (tertiary/aromatic N) is 3. The first-order chi connectivity index (χ1) is 9.56. The fraction of sp³-hybridized carbons (Fsp3) is 0.625. The average Bonchev–Trinajstić information content (AvgIpc) is 2.46. The first kappa shape index (κ1) is 15.0. The van der Waals surface area contributed by atoms with Crippen LogP contribution >= 0.6 is 0 Å². The summed E-state index contributed by atoms with van der Waals surface area (Å²) in [6, 6.07) is 3.77. The maximum absolute atomic E-state index is 12.4. The number of aryl methyl sites for hydroxylation is 1. The van der Waals surface area contributed by atoms with E-state index in [0.717, 1.165) is 44.3 Å². The number of rotatable bonds is 4. The zero-order valence-electron chi connectivity index (χ0n) is 12.8. The molecule has 0 aromatic carbocycles. The lowest BCUT2D eigenvalue weighted by Gasteiger charge is -2.35. The van der Waals surface area contributed by atoms with E-state index in [1.54, 1.807) is 6.20 Å². The van der Waals surface area contributed by atoms with Crippen LogP contribution in [0.1, 0.15) is 36.3 Å². The summed E-state index contributed by atoms with van der Waals surface area (Å²) in [6.07, 6.45) is 2.92. The number of pyridine rings is 1. The second kappa shape index (κ2) is 6.84. The summed E-state index contributed by atoms with van der Waals surface area (Å²) in [5.74, 6) is 0.856. The van der Waals surface area contributed by atoms with E-state index in [1.165, 1.54) is 6.42 Å². The summed E-state index contributed by atoms with van der Waals surface area (Å²) in [7, 11) is 0.